The number of hydrogen-bond donors (Lipinski definition) is 2. The molecular formula is C22H20N4O2S. The predicted molar refractivity (Wildman–Crippen MR) is 116 cm³/mol. The van der Waals surface area contributed by atoms with Gasteiger partial charge in [0.05, 0.1) is 16.6 Å². The van der Waals surface area contributed by atoms with Crippen LogP contribution in [0.25, 0.3) is 22.2 Å². The number of carbonyl (C=O) groups is 1. The van der Waals surface area contributed by atoms with Gasteiger partial charge in [0.25, 0.3) is 5.56 Å². The van der Waals surface area contributed by atoms with Crippen LogP contribution in [-0.2, 0) is 11.2 Å². The van der Waals surface area contributed by atoms with E-state index in [1.54, 1.807) is 18.2 Å². The van der Waals surface area contributed by atoms with Crippen molar-refractivity contribution in [1.29, 1.82) is 0 Å². The zero-order valence-corrected chi connectivity index (χ0v) is 17.0. The molecule has 6 nitrogen and oxygen atoms in total. The second kappa shape index (κ2) is 7.97. The number of benzene rings is 2. The van der Waals surface area contributed by atoms with E-state index in [1.165, 1.54) is 22.5 Å². The molecule has 0 saturated carbocycles. The molecule has 146 valence electrons. The van der Waals surface area contributed by atoms with Gasteiger partial charge in [-0.1, -0.05) is 24.3 Å². The van der Waals surface area contributed by atoms with Crippen LogP contribution in [0.3, 0.4) is 0 Å². The molecule has 2 aromatic heterocycles. The Labute approximate surface area is 171 Å². The topological polar surface area (TPSA) is 87.7 Å². The highest BCUT2D eigenvalue weighted by molar-refractivity contribution is 7.14. The fourth-order valence-electron chi connectivity index (χ4n) is 3.03. The summed E-state index contributed by atoms with van der Waals surface area (Å²) in [5.74, 6) is 0.334. The van der Waals surface area contributed by atoms with Crippen molar-refractivity contribution in [2.45, 2.75) is 26.7 Å². The number of carbonyl (C=O) groups excluding carboxylic acids is 1. The van der Waals surface area contributed by atoms with Crippen molar-refractivity contribution >= 4 is 33.3 Å². The van der Waals surface area contributed by atoms with E-state index >= 15 is 0 Å². The molecule has 0 spiro atoms. The Morgan fingerprint density at radius 2 is 1.93 bits per heavy atom. The summed E-state index contributed by atoms with van der Waals surface area (Å²) in [4.78, 5) is 36.1. The minimum absolute atomic E-state index is 0.165. The van der Waals surface area contributed by atoms with E-state index in [-0.39, 0.29) is 17.9 Å². The molecule has 7 heteroatoms. The smallest absolute Gasteiger partial charge is 0.258 e. The largest absolute Gasteiger partial charge is 0.310 e. The van der Waals surface area contributed by atoms with Crippen LogP contribution in [0.5, 0.6) is 0 Å². The van der Waals surface area contributed by atoms with E-state index in [4.69, 9.17) is 0 Å². The summed E-state index contributed by atoms with van der Waals surface area (Å²) in [6.45, 7) is 4.14. The van der Waals surface area contributed by atoms with Gasteiger partial charge < -0.3 is 10.3 Å². The maximum atomic E-state index is 12.3. The molecule has 2 aromatic carbocycles. The van der Waals surface area contributed by atoms with E-state index in [0.717, 1.165) is 11.3 Å². The van der Waals surface area contributed by atoms with Crippen LogP contribution in [0.15, 0.2) is 52.6 Å². The number of hydrogen-bond acceptors (Lipinski definition) is 5. The molecule has 2 N–H and O–H groups in total. The van der Waals surface area contributed by atoms with Gasteiger partial charge in [0, 0.05) is 23.8 Å². The van der Waals surface area contributed by atoms with Crippen molar-refractivity contribution in [3.05, 3.63) is 75.1 Å². The minimum Gasteiger partial charge on any atom is -0.310 e. The van der Waals surface area contributed by atoms with Crippen molar-refractivity contribution < 1.29 is 4.79 Å². The molecule has 0 atom stereocenters. The SMILES string of the molecule is Cc1ccc(-c2csc(NC(=O)CCc3nc4ccccc4c(=O)[nH]3)n2)cc1C. The summed E-state index contributed by atoms with van der Waals surface area (Å²) >= 11 is 1.39. The first-order chi connectivity index (χ1) is 14.0. The number of H-pyrrole nitrogens is 1. The highest BCUT2D eigenvalue weighted by Gasteiger charge is 2.10. The summed E-state index contributed by atoms with van der Waals surface area (Å²) in [6, 6.07) is 13.3. The van der Waals surface area contributed by atoms with Crippen molar-refractivity contribution in [3.8, 4) is 11.3 Å². The van der Waals surface area contributed by atoms with Crippen LogP contribution in [0, 0.1) is 13.8 Å². The number of rotatable bonds is 5. The van der Waals surface area contributed by atoms with Crippen molar-refractivity contribution in [2.24, 2.45) is 0 Å². The summed E-state index contributed by atoms with van der Waals surface area (Å²) in [5.41, 5.74) is 4.75. The fourth-order valence-corrected chi connectivity index (χ4v) is 3.77. The summed E-state index contributed by atoms with van der Waals surface area (Å²) < 4.78 is 0. The van der Waals surface area contributed by atoms with Gasteiger partial charge >= 0.3 is 0 Å². The summed E-state index contributed by atoms with van der Waals surface area (Å²) in [5, 5.41) is 5.86. The van der Waals surface area contributed by atoms with E-state index in [2.05, 4.69) is 46.2 Å². The number of thiazole rings is 1. The quantitative estimate of drug-likeness (QED) is 0.521. The fraction of sp³-hybridized carbons (Fsp3) is 0.182. The number of amides is 1. The van der Waals surface area contributed by atoms with Crippen LogP contribution in [0.2, 0.25) is 0 Å². The summed E-state index contributed by atoms with van der Waals surface area (Å²) in [6.07, 6.45) is 0.557. The number of nitrogens with one attached hydrogen (secondary N) is 2. The van der Waals surface area contributed by atoms with Crippen LogP contribution < -0.4 is 10.9 Å². The maximum absolute atomic E-state index is 12.3. The van der Waals surface area contributed by atoms with Gasteiger partial charge in [0.15, 0.2) is 5.13 Å². The average molecular weight is 404 g/mol. The minimum atomic E-state index is -0.191. The lowest BCUT2D eigenvalue weighted by Crippen LogP contribution is -2.16. The molecule has 0 radical (unpaired) electrons. The first-order valence-electron chi connectivity index (χ1n) is 9.30. The lowest BCUT2D eigenvalue weighted by Gasteiger charge is -2.04. The molecule has 0 saturated heterocycles. The van der Waals surface area contributed by atoms with Crippen molar-refractivity contribution in [1.82, 2.24) is 15.0 Å². The van der Waals surface area contributed by atoms with E-state index in [0.29, 0.717) is 28.3 Å². The Kier molecular flexibility index (Phi) is 5.22. The van der Waals surface area contributed by atoms with Crippen LogP contribution in [0.1, 0.15) is 23.4 Å². The normalized spacial score (nSPS) is 11.0. The molecule has 0 unspecified atom stereocenters. The van der Waals surface area contributed by atoms with E-state index in [1.807, 2.05) is 17.5 Å². The number of nitrogens with zero attached hydrogens (tertiary/aromatic N) is 2. The molecule has 2 heterocycles. The predicted octanol–water partition coefficient (Wildman–Crippen LogP) is 4.23. The Morgan fingerprint density at radius 1 is 1.10 bits per heavy atom. The first-order valence-corrected chi connectivity index (χ1v) is 10.2. The molecule has 0 aliphatic rings. The first kappa shape index (κ1) is 19.0. The zero-order valence-electron chi connectivity index (χ0n) is 16.2. The number of fused-ring (bicyclic) bond motifs is 1. The third-order valence-electron chi connectivity index (χ3n) is 4.80. The van der Waals surface area contributed by atoms with Crippen molar-refractivity contribution in [2.75, 3.05) is 5.32 Å². The molecule has 0 fully saturated rings. The second-order valence-electron chi connectivity index (χ2n) is 6.91. The highest BCUT2D eigenvalue weighted by Crippen LogP contribution is 2.26. The molecule has 4 aromatic rings. The van der Waals surface area contributed by atoms with Gasteiger partial charge in [-0.2, -0.15) is 0 Å². The number of aromatic nitrogens is 3. The van der Waals surface area contributed by atoms with Crippen LogP contribution in [0.4, 0.5) is 5.13 Å². The van der Waals surface area contributed by atoms with E-state index in [9.17, 15) is 9.59 Å². The number of para-hydroxylation sites is 1. The maximum Gasteiger partial charge on any atom is 0.258 e. The van der Waals surface area contributed by atoms with Gasteiger partial charge in [-0.25, -0.2) is 9.97 Å². The summed E-state index contributed by atoms with van der Waals surface area (Å²) in [7, 11) is 0. The lowest BCUT2D eigenvalue weighted by atomic mass is 10.1. The third-order valence-corrected chi connectivity index (χ3v) is 5.56. The van der Waals surface area contributed by atoms with Gasteiger partial charge in [-0.15, -0.1) is 11.3 Å². The molecular weight excluding hydrogens is 384 g/mol. The van der Waals surface area contributed by atoms with Gasteiger partial charge in [0.1, 0.15) is 5.82 Å². The Morgan fingerprint density at radius 3 is 2.76 bits per heavy atom. The average Bonchev–Trinajstić information content (AvgIpc) is 3.17. The molecule has 0 aliphatic heterocycles. The lowest BCUT2D eigenvalue weighted by molar-refractivity contribution is -0.116. The third kappa shape index (κ3) is 4.25. The van der Waals surface area contributed by atoms with Crippen LogP contribution in [-0.4, -0.2) is 20.9 Å². The second-order valence-corrected chi connectivity index (χ2v) is 7.77. The molecule has 0 bridgehead atoms. The standard InChI is InChI=1S/C22H20N4O2S/c1-13-7-8-15(11-14(13)2)18-12-29-22(24-18)26-20(27)10-9-19-23-17-6-4-3-5-16(17)21(28)25-19/h3-8,11-12H,9-10H2,1-2H3,(H,23,25,28)(H,24,26,27). The molecule has 0 aliphatic carbocycles. The molecule has 1 amide bonds. The Balaban J connectivity index is 1.41. The van der Waals surface area contributed by atoms with E-state index < -0.39 is 0 Å². The highest BCUT2D eigenvalue weighted by atomic mass is 32.1. The van der Waals surface area contributed by atoms with Crippen LogP contribution >= 0.6 is 11.3 Å². The Hall–Kier alpha value is -3.32. The molecule has 4 rings (SSSR count). The van der Waals surface area contributed by atoms with Gasteiger partial charge in [-0.05, 0) is 43.2 Å². The monoisotopic (exact) mass is 404 g/mol. The Bertz CT molecular complexity index is 1260. The van der Waals surface area contributed by atoms with Gasteiger partial charge in [-0.3, -0.25) is 9.59 Å². The molecule has 29 heavy (non-hydrogen) atoms. The number of aromatic amines is 1. The van der Waals surface area contributed by atoms with Gasteiger partial charge in [0.2, 0.25) is 5.91 Å². The van der Waals surface area contributed by atoms with Crippen molar-refractivity contribution in [3.63, 3.8) is 0 Å². The zero-order chi connectivity index (χ0) is 20.4. The number of aryl methyl sites for hydroxylation is 3. The number of anilines is 1.